The van der Waals surface area contributed by atoms with Gasteiger partial charge in [0.25, 0.3) is 5.91 Å². The highest BCUT2D eigenvalue weighted by atomic mass is 19.3. The van der Waals surface area contributed by atoms with Gasteiger partial charge in [-0.05, 0) is 56.9 Å². The van der Waals surface area contributed by atoms with Crippen molar-refractivity contribution in [2.24, 2.45) is 17.8 Å². The summed E-state index contributed by atoms with van der Waals surface area (Å²) in [4.78, 5) is 12.2. The zero-order chi connectivity index (χ0) is 15.1. The summed E-state index contributed by atoms with van der Waals surface area (Å²) in [7, 11) is 0. The molecular weight excluding hydrogens is 276 g/mol. The molecule has 0 spiro atoms. The minimum atomic E-state index is -2.71. The van der Waals surface area contributed by atoms with E-state index in [0.717, 1.165) is 5.92 Å². The van der Waals surface area contributed by atoms with E-state index >= 15 is 0 Å². The Kier molecular flexibility index (Phi) is 3.71. The lowest BCUT2D eigenvalue weighted by Crippen LogP contribution is -2.40. The number of amides is 1. The van der Waals surface area contributed by atoms with Crippen molar-refractivity contribution in [1.29, 1.82) is 0 Å². The van der Waals surface area contributed by atoms with Gasteiger partial charge in [0.1, 0.15) is 0 Å². The Morgan fingerprint density at radius 1 is 1.43 bits per heavy atom. The molecule has 6 heteroatoms. The maximum atomic E-state index is 12.7. The lowest BCUT2D eigenvalue weighted by Gasteiger charge is -2.28. The highest BCUT2D eigenvalue weighted by molar-refractivity contribution is 5.92. The van der Waals surface area contributed by atoms with E-state index < -0.39 is 6.55 Å². The number of aryl methyl sites for hydroxylation is 1. The fourth-order valence-corrected chi connectivity index (χ4v) is 4.09. The van der Waals surface area contributed by atoms with Crippen LogP contribution in [0.4, 0.5) is 8.78 Å². The minimum absolute atomic E-state index is 0.0720. The van der Waals surface area contributed by atoms with E-state index in [2.05, 4.69) is 10.4 Å². The zero-order valence-electron chi connectivity index (χ0n) is 12.4. The average Bonchev–Trinajstić information content (AvgIpc) is 3.12. The summed E-state index contributed by atoms with van der Waals surface area (Å²) in [5.74, 6) is 1.70. The SMILES string of the molecule is Cc1cc(C(=O)N[C@H](C)[C@H]2C[C@H]3CC[C@H]2C3)nn1C(F)F. The summed E-state index contributed by atoms with van der Waals surface area (Å²) in [5.41, 5.74) is 0.366. The summed E-state index contributed by atoms with van der Waals surface area (Å²) in [5, 5.41) is 6.63. The smallest absolute Gasteiger partial charge is 0.333 e. The number of alkyl halides is 2. The first-order valence-electron chi connectivity index (χ1n) is 7.61. The molecule has 1 heterocycles. The number of aromatic nitrogens is 2. The normalized spacial score (nSPS) is 29.1. The van der Waals surface area contributed by atoms with E-state index in [1.165, 1.54) is 38.7 Å². The van der Waals surface area contributed by atoms with Crippen LogP contribution in [0, 0.1) is 24.7 Å². The second kappa shape index (κ2) is 5.39. The van der Waals surface area contributed by atoms with E-state index in [0.29, 0.717) is 22.2 Å². The van der Waals surface area contributed by atoms with Crippen molar-refractivity contribution in [3.8, 4) is 0 Å². The van der Waals surface area contributed by atoms with Gasteiger partial charge in [0, 0.05) is 11.7 Å². The molecule has 1 aromatic rings. The van der Waals surface area contributed by atoms with Crippen LogP contribution in [0.2, 0.25) is 0 Å². The molecule has 0 saturated heterocycles. The number of nitrogens with zero attached hydrogens (tertiary/aromatic N) is 2. The topological polar surface area (TPSA) is 46.9 Å². The van der Waals surface area contributed by atoms with Gasteiger partial charge in [-0.2, -0.15) is 13.9 Å². The Morgan fingerprint density at radius 2 is 2.19 bits per heavy atom. The maximum Gasteiger partial charge on any atom is 0.333 e. The predicted octanol–water partition coefficient (Wildman–Crippen LogP) is 3.14. The van der Waals surface area contributed by atoms with E-state index in [9.17, 15) is 13.6 Å². The molecule has 1 N–H and O–H groups in total. The van der Waals surface area contributed by atoms with Gasteiger partial charge in [0.15, 0.2) is 5.69 Å². The van der Waals surface area contributed by atoms with Gasteiger partial charge in [0.05, 0.1) is 0 Å². The second-order valence-electron chi connectivity index (χ2n) is 6.49. The van der Waals surface area contributed by atoms with Gasteiger partial charge < -0.3 is 5.32 Å². The van der Waals surface area contributed by atoms with Crippen LogP contribution in [0.3, 0.4) is 0 Å². The van der Waals surface area contributed by atoms with Gasteiger partial charge in [-0.3, -0.25) is 4.79 Å². The zero-order valence-corrected chi connectivity index (χ0v) is 12.4. The summed E-state index contributed by atoms with van der Waals surface area (Å²) in [6.07, 6.45) is 5.04. The van der Waals surface area contributed by atoms with Crippen LogP contribution < -0.4 is 5.32 Å². The van der Waals surface area contributed by atoms with Crippen molar-refractivity contribution < 1.29 is 13.6 Å². The van der Waals surface area contributed by atoms with Crippen LogP contribution in [0.5, 0.6) is 0 Å². The summed E-state index contributed by atoms with van der Waals surface area (Å²) < 4.78 is 25.9. The fraction of sp³-hybridized carbons (Fsp3) is 0.733. The third kappa shape index (κ3) is 2.68. The Balaban J connectivity index is 1.64. The second-order valence-corrected chi connectivity index (χ2v) is 6.49. The maximum absolute atomic E-state index is 12.7. The molecule has 2 aliphatic carbocycles. The Morgan fingerprint density at radius 3 is 2.71 bits per heavy atom. The molecular formula is C15H21F2N3O. The number of hydrogen-bond acceptors (Lipinski definition) is 2. The number of carbonyl (C=O) groups excluding carboxylic acids is 1. The number of hydrogen-bond donors (Lipinski definition) is 1. The first-order valence-corrected chi connectivity index (χ1v) is 7.61. The standard InChI is InChI=1S/C15H21F2N3O/c1-8-5-13(19-20(8)15(16)17)14(21)18-9(2)12-7-10-3-4-11(12)6-10/h5,9-12,15H,3-4,6-7H2,1-2H3,(H,18,21)/t9-,10+,11+,12-/m1/s1. The lowest BCUT2D eigenvalue weighted by molar-refractivity contribution is 0.0538. The molecule has 4 atom stereocenters. The third-order valence-electron chi connectivity index (χ3n) is 5.13. The first-order chi connectivity index (χ1) is 9.95. The van der Waals surface area contributed by atoms with Crippen LogP contribution in [-0.4, -0.2) is 21.7 Å². The Labute approximate surface area is 122 Å². The van der Waals surface area contributed by atoms with Crippen LogP contribution in [0.1, 0.15) is 55.3 Å². The van der Waals surface area contributed by atoms with E-state index in [4.69, 9.17) is 0 Å². The molecule has 1 amide bonds. The summed E-state index contributed by atoms with van der Waals surface area (Å²) in [6, 6.07) is 1.49. The quantitative estimate of drug-likeness (QED) is 0.928. The van der Waals surface area contributed by atoms with Crippen LogP contribution in [0.15, 0.2) is 6.07 Å². The van der Waals surface area contributed by atoms with Crippen molar-refractivity contribution in [3.63, 3.8) is 0 Å². The predicted molar refractivity (Wildman–Crippen MR) is 74.1 cm³/mol. The fourth-order valence-electron chi connectivity index (χ4n) is 4.09. The van der Waals surface area contributed by atoms with Crippen molar-refractivity contribution in [1.82, 2.24) is 15.1 Å². The number of fused-ring (bicyclic) bond motifs is 2. The molecule has 4 nitrogen and oxygen atoms in total. The molecule has 2 fully saturated rings. The number of nitrogens with one attached hydrogen (secondary N) is 1. The van der Waals surface area contributed by atoms with Crippen molar-refractivity contribution >= 4 is 5.91 Å². The van der Waals surface area contributed by atoms with Gasteiger partial charge in [-0.15, -0.1) is 0 Å². The molecule has 0 unspecified atom stereocenters. The Bertz CT molecular complexity index is 543. The van der Waals surface area contributed by atoms with Crippen LogP contribution in [0.25, 0.3) is 0 Å². The largest absolute Gasteiger partial charge is 0.348 e. The highest BCUT2D eigenvalue weighted by Gasteiger charge is 2.42. The van der Waals surface area contributed by atoms with Crippen LogP contribution >= 0.6 is 0 Å². The van der Waals surface area contributed by atoms with E-state index in [1.807, 2.05) is 6.92 Å². The van der Waals surface area contributed by atoms with Gasteiger partial charge >= 0.3 is 6.55 Å². The van der Waals surface area contributed by atoms with E-state index in [1.54, 1.807) is 0 Å². The van der Waals surface area contributed by atoms with Crippen LogP contribution in [-0.2, 0) is 0 Å². The average molecular weight is 297 g/mol. The van der Waals surface area contributed by atoms with Gasteiger partial charge in [-0.25, -0.2) is 4.68 Å². The number of rotatable bonds is 4. The first kappa shape index (κ1) is 14.5. The molecule has 21 heavy (non-hydrogen) atoms. The molecule has 0 aromatic carbocycles. The monoisotopic (exact) mass is 297 g/mol. The third-order valence-corrected chi connectivity index (χ3v) is 5.13. The molecule has 0 aliphatic heterocycles. The molecule has 3 rings (SSSR count). The van der Waals surface area contributed by atoms with Crippen molar-refractivity contribution in [2.45, 2.75) is 52.1 Å². The minimum Gasteiger partial charge on any atom is -0.348 e. The van der Waals surface area contributed by atoms with Crippen molar-refractivity contribution in [3.05, 3.63) is 17.5 Å². The highest BCUT2D eigenvalue weighted by Crippen LogP contribution is 2.49. The van der Waals surface area contributed by atoms with Crippen molar-refractivity contribution in [2.75, 3.05) is 0 Å². The number of carbonyl (C=O) groups is 1. The molecule has 0 radical (unpaired) electrons. The molecule has 1 aromatic heterocycles. The van der Waals surface area contributed by atoms with E-state index in [-0.39, 0.29) is 17.6 Å². The summed E-state index contributed by atoms with van der Waals surface area (Å²) in [6.45, 7) is 0.824. The molecule has 2 saturated carbocycles. The summed E-state index contributed by atoms with van der Waals surface area (Å²) >= 11 is 0. The molecule has 2 bridgehead atoms. The molecule has 2 aliphatic rings. The lowest BCUT2D eigenvalue weighted by atomic mass is 9.84. The molecule has 116 valence electrons. The number of halogens is 2. The Hall–Kier alpha value is -1.46. The van der Waals surface area contributed by atoms with Gasteiger partial charge in [0.2, 0.25) is 0 Å². The van der Waals surface area contributed by atoms with Gasteiger partial charge in [-0.1, -0.05) is 6.42 Å².